The zero-order valence-corrected chi connectivity index (χ0v) is 14.2. The number of aliphatic hydroxyl groups is 1. The first-order chi connectivity index (χ1) is 11.6. The normalized spacial score (nSPS) is 10.6. The SMILES string of the molecule is CCOC(=O)CCN(CCCO)C(=O)/C=C/c1cccc(OC)c1. The Hall–Kier alpha value is -2.34. The van der Waals surface area contributed by atoms with Crippen LogP contribution >= 0.6 is 0 Å². The summed E-state index contributed by atoms with van der Waals surface area (Å²) >= 11 is 0. The molecule has 0 saturated carbocycles. The van der Waals surface area contributed by atoms with Crippen LogP contribution in [0.1, 0.15) is 25.3 Å². The Morgan fingerprint density at radius 1 is 1.29 bits per heavy atom. The summed E-state index contributed by atoms with van der Waals surface area (Å²) in [4.78, 5) is 25.3. The molecular formula is C18H25NO5. The third-order valence-corrected chi connectivity index (χ3v) is 3.30. The molecule has 0 unspecified atom stereocenters. The summed E-state index contributed by atoms with van der Waals surface area (Å²) in [7, 11) is 1.58. The zero-order chi connectivity index (χ0) is 17.8. The van der Waals surface area contributed by atoms with Gasteiger partial charge in [-0.25, -0.2) is 0 Å². The van der Waals surface area contributed by atoms with Crippen molar-refractivity contribution in [2.24, 2.45) is 0 Å². The van der Waals surface area contributed by atoms with Crippen LogP contribution in [0.4, 0.5) is 0 Å². The lowest BCUT2D eigenvalue weighted by Gasteiger charge is -2.20. The lowest BCUT2D eigenvalue weighted by atomic mass is 10.2. The number of rotatable bonds is 10. The number of ether oxygens (including phenoxy) is 2. The van der Waals surface area contributed by atoms with Gasteiger partial charge < -0.3 is 19.5 Å². The highest BCUT2D eigenvalue weighted by molar-refractivity contribution is 5.92. The van der Waals surface area contributed by atoms with Gasteiger partial charge in [-0.2, -0.15) is 0 Å². The van der Waals surface area contributed by atoms with Crippen LogP contribution in [0.25, 0.3) is 6.08 Å². The molecule has 0 heterocycles. The van der Waals surface area contributed by atoms with Crippen molar-refractivity contribution in [1.29, 1.82) is 0 Å². The number of esters is 1. The maximum Gasteiger partial charge on any atom is 0.307 e. The van der Waals surface area contributed by atoms with E-state index in [1.807, 2.05) is 24.3 Å². The van der Waals surface area contributed by atoms with E-state index >= 15 is 0 Å². The maximum atomic E-state index is 12.3. The Bertz CT molecular complexity index is 556. The maximum absolute atomic E-state index is 12.3. The van der Waals surface area contributed by atoms with Crippen molar-refractivity contribution < 1.29 is 24.2 Å². The molecular weight excluding hydrogens is 310 g/mol. The molecule has 0 aliphatic heterocycles. The van der Waals surface area contributed by atoms with Crippen LogP contribution in [0, 0.1) is 0 Å². The average Bonchev–Trinajstić information content (AvgIpc) is 2.60. The number of nitrogens with zero attached hydrogens (tertiary/aromatic N) is 1. The van der Waals surface area contributed by atoms with Crippen LogP contribution < -0.4 is 4.74 Å². The third kappa shape index (κ3) is 7.28. The number of carbonyl (C=O) groups is 2. The van der Waals surface area contributed by atoms with Crippen molar-refractivity contribution in [1.82, 2.24) is 4.90 Å². The molecule has 6 heteroatoms. The molecule has 24 heavy (non-hydrogen) atoms. The average molecular weight is 335 g/mol. The van der Waals surface area contributed by atoms with Crippen molar-refractivity contribution in [2.75, 3.05) is 33.4 Å². The smallest absolute Gasteiger partial charge is 0.307 e. The minimum Gasteiger partial charge on any atom is -0.497 e. The largest absolute Gasteiger partial charge is 0.497 e. The Morgan fingerprint density at radius 3 is 2.75 bits per heavy atom. The van der Waals surface area contributed by atoms with Crippen molar-refractivity contribution in [2.45, 2.75) is 19.8 Å². The molecule has 1 aromatic carbocycles. The lowest BCUT2D eigenvalue weighted by molar-refractivity contribution is -0.143. The summed E-state index contributed by atoms with van der Waals surface area (Å²) in [5.74, 6) is 0.163. The van der Waals surface area contributed by atoms with E-state index in [0.29, 0.717) is 25.3 Å². The highest BCUT2D eigenvalue weighted by Gasteiger charge is 2.13. The molecule has 0 bridgehead atoms. The van der Waals surface area contributed by atoms with E-state index in [1.165, 1.54) is 11.0 Å². The van der Waals surface area contributed by atoms with Gasteiger partial charge in [0.2, 0.25) is 5.91 Å². The highest BCUT2D eigenvalue weighted by Crippen LogP contribution is 2.13. The predicted molar refractivity (Wildman–Crippen MR) is 91.6 cm³/mol. The number of hydrogen-bond acceptors (Lipinski definition) is 5. The lowest BCUT2D eigenvalue weighted by Crippen LogP contribution is -2.33. The molecule has 0 aliphatic carbocycles. The van der Waals surface area contributed by atoms with E-state index in [-0.39, 0.29) is 31.4 Å². The minimum absolute atomic E-state index is 0.0111. The first kappa shape index (κ1) is 19.7. The molecule has 1 amide bonds. The topological polar surface area (TPSA) is 76.1 Å². The molecule has 0 spiro atoms. The number of hydrogen-bond donors (Lipinski definition) is 1. The molecule has 0 aromatic heterocycles. The van der Waals surface area contributed by atoms with Crippen LogP contribution in [0.5, 0.6) is 5.75 Å². The van der Waals surface area contributed by atoms with Gasteiger partial charge in [0.15, 0.2) is 0 Å². The van der Waals surface area contributed by atoms with Gasteiger partial charge >= 0.3 is 5.97 Å². The third-order valence-electron chi connectivity index (χ3n) is 3.30. The Kier molecular flexibility index (Phi) is 9.23. The molecule has 0 atom stereocenters. The molecule has 1 aromatic rings. The fourth-order valence-corrected chi connectivity index (χ4v) is 2.07. The van der Waals surface area contributed by atoms with Gasteiger partial charge in [-0.15, -0.1) is 0 Å². The number of methoxy groups -OCH3 is 1. The summed E-state index contributed by atoms with van der Waals surface area (Å²) in [6.07, 6.45) is 3.75. The van der Waals surface area contributed by atoms with E-state index < -0.39 is 0 Å². The summed E-state index contributed by atoms with van der Waals surface area (Å²) < 4.78 is 10.0. The Morgan fingerprint density at radius 2 is 2.08 bits per heavy atom. The minimum atomic E-state index is -0.337. The highest BCUT2D eigenvalue weighted by atomic mass is 16.5. The summed E-state index contributed by atoms with van der Waals surface area (Å²) in [5.41, 5.74) is 0.843. The van der Waals surface area contributed by atoms with E-state index in [9.17, 15) is 9.59 Å². The fourth-order valence-electron chi connectivity index (χ4n) is 2.07. The first-order valence-corrected chi connectivity index (χ1v) is 7.98. The second-order valence-electron chi connectivity index (χ2n) is 5.07. The Labute approximate surface area is 142 Å². The van der Waals surface area contributed by atoms with Crippen molar-refractivity contribution in [3.63, 3.8) is 0 Å². The first-order valence-electron chi connectivity index (χ1n) is 7.98. The van der Waals surface area contributed by atoms with E-state index in [4.69, 9.17) is 14.6 Å². The molecule has 1 N–H and O–H groups in total. The summed E-state index contributed by atoms with van der Waals surface area (Å²) in [6, 6.07) is 7.35. The van der Waals surface area contributed by atoms with Crippen LogP contribution in [-0.4, -0.2) is 55.3 Å². The van der Waals surface area contributed by atoms with Crippen LogP contribution in [0.3, 0.4) is 0 Å². The summed E-state index contributed by atoms with van der Waals surface area (Å²) in [6.45, 7) is 2.70. The quantitative estimate of drug-likeness (QED) is 0.522. The fraction of sp³-hybridized carbons (Fsp3) is 0.444. The van der Waals surface area contributed by atoms with Crippen molar-refractivity contribution in [3.05, 3.63) is 35.9 Å². The zero-order valence-electron chi connectivity index (χ0n) is 14.2. The van der Waals surface area contributed by atoms with Crippen LogP contribution in [-0.2, 0) is 14.3 Å². The van der Waals surface area contributed by atoms with Crippen molar-refractivity contribution >= 4 is 18.0 Å². The molecule has 1 rings (SSSR count). The predicted octanol–water partition coefficient (Wildman–Crippen LogP) is 1.87. The standard InChI is InChI=1S/C18H25NO5/c1-3-24-18(22)10-12-19(11-5-13-20)17(21)9-8-15-6-4-7-16(14-15)23-2/h4,6-9,14,20H,3,5,10-13H2,1-2H3/b9-8+. The number of aliphatic hydroxyl groups excluding tert-OH is 1. The molecule has 6 nitrogen and oxygen atoms in total. The number of amides is 1. The second kappa shape index (κ2) is 11.2. The van der Waals surface area contributed by atoms with Gasteiger partial charge in [-0.1, -0.05) is 12.1 Å². The van der Waals surface area contributed by atoms with Crippen molar-refractivity contribution in [3.8, 4) is 5.75 Å². The summed E-state index contributed by atoms with van der Waals surface area (Å²) in [5, 5.41) is 8.96. The molecule has 0 fully saturated rings. The van der Waals surface area contributed by atoms with E-state index in [0.717, 1.165) is 5.56 Å². The van der Waals surface area contributed by atoms with Gasteiger partial charge in [-0.3, -0.25) is 9.59 Å². The number of benzene rings is 1. The van der Waals surface area contributed by atoms with Gasteiger partial charge in [0.25, 0.3) is 0 Å². The molecule has 0 saturated heterocycles. The van der Waals surface area contributed by atoms with E-state index in [2.05, 4.69) is 0 Å². The monoisotopic (exact) mass is 335 g/mol. The van der Waals surface area contributed by atoms with Gasteiger partial charge in [0.1, 0.15) is 5.75 Å². The second-order valence-corrected chi connectivity index (χ2v) is 5.07. The molecule has 0 aliphatic rings. The van der Waals surface area contributed by atoms with E-state index in [1.54, 1.807) is 20.1 Å². The number of carbonyl (C=O) groups excluding carboxylic acids is 2. The Balaban J connectivity index is 2.68. The molecule has 0 radical (unpaired) electrons. The van der Waals surface area contributed by atoms with Gasteiger partial charge in [0, 0.05) is 25.8 Å². The molecule has 132 valence electrons. The van der Waals surface area contributed by atoms with Gasteiger partial charge in [0.05, 0.1) is 20.1 Å². The van der Waals surface area contributed by atoms with Crippen LogP contribution in [0.2, 0.25) is 0 Å². The van der Waals surface area contributed by atoms with Gasteiger partial charge in [-0.05, 0) is 37.1 Å². The van der Waals surface area contributed by atoms with Crippen LogP contribution in [0.15, 0.2) is 30.3 Å².